The van der Waals surface area contributed by atoms with E-state index >= 15 is 0 Å². The second-order valence-corrected chi connectivity index (χ2v) is 8.15. The number of carbonyl (C=O) groups is 1. The number of anilines is 1. The Hall–Kier alpha value is -2.41. The van der Waals surface area contributed by atoms with Crippen LogP contribution in [0.5, 0.6) is 0 Å². The quantitative estimate of drug-likeness (QED) is 0.807. The van der Waals surface area contributed by atoms with Crippen LogP contribution < -0.4 is 9.62 Å². The predicted molar refractivity (Wildman–Crippen MR) is 103 cm³/mol. The fourth-order valence-electron chi connectivity index (χ4n) is 2.72. The molecule has 0 aliphatic carbocycles. The molecular formula is C19H25N3O3S. The number of aromatic nitrogens is 1. The van der Waals surface area contributed by atoms with Gasteiger partial charge in [-0.1, -0.05) is 19.1 Å². The van der Waals surface area contributed by atoms with Gasteiger partial charge in [0.05, 0.1) is 24.2 Å². The molecule has 1 N–H and O–H groups in total. The number of nitrogens with zero attached hydrogens (tertiary/aromatic N) is 2. The number of hydrogen-bond donors (Lipinski definition) is 1. The summed E-state index contributed by atoms with van der Waals surface area (Å²) in [5, 5.41) is 2.79. The Morgan fingerprint density at radius 2 is 1.92 bits per heavy atom. The highest BCUT2D eigenvalue weighted by atomic mass is 32.2. The zero-order valence-corrected chi connectivity index (χ0v) is 16.4. The molecule has 0 aliphatic heterocycles. The molecular weight excluding hydrogens is 350 g/mol. The van der Waals surface area contributed by atoms with Crippen LogP contribution in [0.4, 0.5) is 5.69 Å². The summed E-state index contributed by atoms with van der Waals surface area (Å²) >= 11 is 0. The van der Waals surface area contributed by atoms with Crippen LogP contribution in [0.15, 0.2) is 42.6 Å². The van der Waals surface area contributed by atoms with Gasteiger partial charge in [0.15, 0.2) is 0 Å². The minimum atomic E-state index is -3.63. The molecule has 0 fully saturated rings. The van der Waals surface area contributed by atoms with Gasteiger partial charge in [-0.2, -0.15) is 0 Å². The molecule has 0 radical (unpaired) electrons. The standard InChI is InChI=1S/C19H25N3O3S/c1-5-18(19(23)21-13-16-8-6-7-11-20-16)22(26(4,24)25)17-10-9-14(2)15(3)12-17/h6-12,18H,5,13H2,1-4H3,(H,21,23)/t18-/m0/s1. The molecule has 26 heavy (non-hydrogen) atoms. The summed E-state index contributed by atoms with van der Waals surface area (Å²) in [5.74, 6) is -0.346. The molecule has 7 heteroatoms. The highest BCUT2D eigenvalue weighted by Crippen LogP contribution is 2.25. The number of sulfonamides is 1. The van der Waals surface area contributed by atoms with E-state index in [9.17, 15) is 13.2 Å². The van der Waals surface area contributed by atoms with Crippen molar-refractivity contribution in [3.05, 3.63) is 59.4 Å². The van der Waals surface area contributed by atoms with Crippen molar-refractivity contribution in [1.29, 1.82) is 0 Å². The third kappa shape index (κ3) is 4.82. The van der Waals surface area contributed by atoms with Crippen molar-refractivity contribution >= 4 is 21.6 Å². The first-order chi connectivity index (χ1) is 12.2. The summed E-state index contributed by atoms with van der Waals surface area (Å²) in [6.07, 6.45) is 3.13. The molecule has 6 nitrogen and oxygen atoms in total. The van der Waals surface area contributed by atoms with Crippen LogP contribution >= 0.6 is 0 Å². The minimum absolute atomic E-state index is 0.251. The average molecular weight is 375 g/mol. The van der Waals surface area contributed by atoms with Crippen molar-refractivity contribution in [2.75, 3.05) is 10.6 Å². The van der Waals surface area contributed by atoms with Crippen molar-refractivity contribution in [3.8, 4) is 0 Å². The van der Waals surface area contributed by atoms with E-state index in [2.05, 4.69) is 10.3 Å². The van der Waals surface area contributed by atoms with E-state index in [4.69, 9.17) is 0 Å². The second-order valence-electron chi connectivity index (χ2n) is 6.29. The van der Waals surface area contributed by atoms with E-state index in [0.717, 1.165) is 17.4 Å². The zero-order chi connectivity index (χ0) is 19.3. The van der Waals surface area contributed by atoms with Gasteiger partial charge in [0, 0.05) is 6.20 Å². The van der Waals surface area contributed by atoms with Crippen LogP contribution in [0.3, 0.4) is 0 Å². The molecule has 1 aromatic carbocycles. The van der Waals surface area contributed by atoms with Crippen molar-refractivity contribution < 1.29 is 13.2 Å². The predicted octanol–water partition coefficient (Wildman–Crippen LogP) is 2.56. The molecule has 2 aromatic rings. The molecule has 0 saturated heterocycles. The maximum atomic E-state index is 12.7. The van der Waals surface area contributed by atoms with E-state index in [1.807, 2.05) is 26.0 Å². The zero-order valence-electron chi connectivity index (χ0n) is 15.6. The summed E-state index contributed by atoms with van der Waals surface area (Å²) in [4.78, 5) is 16.9. The Morgan fingerprint density at radius 3 is 2.46 bits per heavy atom. The van der Waals surface area contributed by atoms with Gasteiger partial charge in [-0.15, -0.1) is 0 Å². The van der Waals surface area contributed by atoms with Gasteiger partial charge in [-0.25, -0.2) is 8.42 Å². The van der Waals surface area contributed by atoms with E-state index in [1.165, 1.54) is 4.31 Å². The fraction of sp³-hybridized carbons (Fsp3) is 0.368. The van der Waals surface area contributed by atoms with Gasteiger partial charge in [0.2, 0.25) is 15.9 Å². The highest BCUT2D eigenvalue weighted by Gasteiger charge is 2.31. The number of carbonyl (C=O) groups excluding carboxylic acids is 1. The number of aryl methyl sites for hydroxylation is 2. The number of hydrogen-bond acceptors (Lipinski definition) is 4. The average Bonchev–Trinajstić information content (AvgIpc) is 2.60. The van der Waals surface area contributed by atoms with Crippen molar-refractivity contribution in [3.63, 3.8) is 0 Å². The van der Waals surface area contributed by atoms with Crippen LogP contribution in [-0.4, -0.2) is 31.6 Å². The SMILES string of the molecule is CC[C@@H](C(=O)NCc1ccccn1)N(c1ccc(C)c(C)c1)S(C)(=O)=O. The maximum Gasteiger partial charge on any atom is 0.244 e. The summed E-state index contributed by atoms with van der Waals surface area (Å²) in [6, 6.07) is 10.0. The molecule has 0 unspecified atom stereocenters. The van der Waals surface area contributed by atoms with Crippen LogP contribution in [-0.2, 0) is 21.4 Å². The Kier molecular flexibility index (Phi) is 6.37. The van der Waals surface area contributed by atoms with Crippen molar-refractivity contribution in [1.82, 2.24) is 10.3 Å². The van der Waals surface area contributed by atoms with Gasteiger partial charge in [-0.05, 0) is 55.7 Å². The lowest BCUT2D eigenvalue weighted by Crippen LogP contribution is -2.49. The first-order valence-electron chi connectivity index (χ1n) is 8.48. The largest absolute Gasteiger partial charge is 0.349 e. The topological polar surface area (TPSA) is 79.4 Å². The summed E-state index contributed by atoms with van der Waals surface area (Å²) in [7, 11) is -3.63. The first-order valence-corrected chi connectivity index (χ1v) is 10.3. The van der Waals surface area contributed by atoms with E-state index in [1.54, 1.807) is 37.4 Å². The molecule has 0 bridgehead atoms. The maximum absolute atomic E-state index is 12.7. The van der Waals surface area contributed by atoms with E-state index in [-0.39, 0.29) is 12.5 Å². The second kappa shape index (κ2) is 8.31. The highest BCUT2D eigenvalue weighted by molar-refractivity contribution is 7.92. The molecule has 0 aliphatic rings. The van der Waals surface area contributed by atoms with Gasteiger partial charge in [-0.3, -0.25) is 14.1 Å². The summed E-state index contributed by atoms with van der Waals surface area (Å²) < 4.78 is 26.1. The molecule has 1 heterocycles. The minimum Gasteiger partial charge on any atom is -0.349 e. The number of benzene rings is 1. The van der Waals surface area contributed by atoms with E-state index < -0.39 is 16.1 Å². The molecule has 140 valence electrons. The number of nitrogens with one attached hydrogen (secondary N) is 1. The van der Waals surface area contributed by atoms with Crippen LogP contribution in [0.25, 0.3) is 0 Å². The molecule has 0 saturated carbocycles. The number of pyridine rings is 1. The van der Waals surface area contributed by atoms with Crippen LogP contribution in [0.2, 0.25) is 0 Å². The van der Waals surface area contributed by atoms with Gasteiger partial charge < -0.3 is 5.32 Å². The summed E-state index contributed by atoms with van der Waals surface area (Å²) in [6.45, 7) is 5.92. The first kappa shape index (κ1) is 19.9. The fourth-order valence-corrected chi connectivity index (χ4v) is 3.92. The van der Waals surface area contributed by atoms with Crippen molar-refractivity contribution in [2.24, 2.45) is 0 Å². The normalized spacial score (nSPS) is 12.5. The lowest BCUT2D eigenvalue weighted by Gasteiger charge is -2.30. The number of amides is 1. The Labute approximate surface area is 155 Å². The lowest BCUT2D eigenvalue weighted by molar-refractivity contribution is -0.122. The Balaban J connectivity index is 2.29. The Morgan fingerprint density at radius 1 is 1.19 bits per heavy atom. The lowest BCUT2D eigenvalue weighted by atomic mass is 10.1. The molecule has 1 atom stereocenters. The van der Waals surface area contributed by atoms with Crippen molar-refractivity contribution in [2.45, 2.75) is 39.8 Å². The molecule has 1 amide bonds. The monoisotopic (exact) mass is 375 g/mol. The molecule has 1 aromatic heterocycles. The molecule has 2 rings (SSSR count). The third-order valence-electron chi connectivity index (χ3n) is 4.24. The smallest absolute Gasteiger partial charge is 0.244 e. The van der Waals surface area contributed by atoms with Crippen LogP contribution in [0.1, 0.15) is 30.2 Å². The van der Waals surface area contributed by atoms with Gasteiger partial charge in [0.25, 0.3) is 0 Å². The van der Waals surface area contributed by atoms with Crippen LogP contribution in [0, 0.1) is 13.8 Å². The third-order valence-corrected chi connectivity index (χ3v) is 5.42. The van der Waals surface area contributed by atoms with Gasteiger partial charge >= 0.3 is 0 Å². The number of rotatable bonds is 7. The summed E-state index contributed by atoms with van der Waals surface area (Å²) in [5.41, 5.74) is 3.25. The Bertz CT molecular complexity index is 867. The van der Waals surface area contributed by atoms with E-state index in [0.29, 0.717) is 17.8 Å². The molecule has 0 spiro atoms. The van der Waals surface area contributed by atoms with Gasteiger partial charge in [0.1, 0.15) is 6.04 Å².